The van der Waals surface area contributed by atoms with Crippen molar-refractivity contribution in [2.45, 2.75) is 51.2 Å². The van der Waals surface area contributed by atoms with E-state index >= 15 is 0 Å². The van der Waals surface area contributed by atoms with E-state index in [0.717, 1.165) is 37.8 Å². The van der Waals surface area contributed by atoms with E-state index in [1.54, 1.807) is 6.07 Å². The summed E-state index contributed by atoms with van der Waals surface area (Å²) in [6.07, 6.45) is 1.16. The largest absolute Gasteiger partial charge is 0.416 e. The fraction of sp³-hybridized carbons (Fsp3) is 0.600. The van der Waals surface area contributed by atoms with Crippen molar-refractivity contribution in [3.8, 4) is 0 Å². The van der Waals surface area contributed by atoms with Gasteiger partial charge in [-0.05, 0) is 37.0 Å². The maximum Gasteiger partial charge on any atom is 0.416 e. The van der Waals surface area contributed by atoms with Gasteiger partial charge in [-0.3, -0.25) is 0 Å². The maximum absolute atomic E-state index is 12.8. The molecule has 1 aromatic rings. The Kier molecular flexibility index (Phi) is 4.84. The van der Waals surface area contributed by atoms with Gasteiger partial charge < -0.3 is 5.32 Å². The van der Waals surface area contributed by atoms with Gasteiger partial charge in [-0.1, -0.05) is 37.8 Å². The molecule has 1 N–H and O–H groups in total. The summed E-state index contributed by atoms with van der Waals surface area (Å²) >= 11 is 5.80. The topological polar surface area (TPSA) is 12.0 Å². The average molecular weight is 306 g/mol. The van der Waals surface area contributed by atoms with Gasteiger partial charge in [0.15, 0.2) is 0 Å². The van der Waals surface area contributed by atoms with E-state index in [9.17, 15) is 13.2 Å². The number of halogens is 4. The Bertz CT molecular complexity index is 459. The van der Waals surface area contributed by atoms with Crippen LogP contribution in [0.15, 0.2) is 18.2 Å². The van der Waals surface area contributed by atoms with Crippen LogP contribution in [0, 0.1) is 5.92 Å². The highest BCUT2D eigenvalue weighted by atomic mass is 35.5. The van der Waals surface area contributed by atoms with Gasteiger partial charge in [-0.25, -0.2) is 0 Å². The van der Waals surface area contributed by atoms with Gasteiger partial charge in [0.05, 0.1) is 5.56 Å². The first-order valence-corrected chi connectivity index (χ1v) is 7.42. The van der Waals surface area contributed by atoms with E-state index in [1.165, 1.54) is 6.42 Å². The third-order valence-corrected chi connectivity index (χ3v) is 4.23. The van der Waals surface area contributed by atoms with Crippen LogP contribution in [0.5, 0.6) is 0 Å². The lowest BCUT2D eigenvalue weighted by Gasteiger charge is -2.32. The molecule has 1 nitrogen and oxygen atoms in total. The standard InChI is InChI=1S/C15H19ClF3N/c1-2-10-5-3-4-6-14(10)20-13-8-11(15(17,18)19)7-12(16)9-13/h7-10,14,20H,2-6H2,1H3. The second kappa shape index (κ2) is 6.25. The van der Waals surface area contributed by atoms with Crippen molar-refractivity contribution in [2.75, 3.05) is 5.32 Å². The van der Waals surface area contributed by atoms with Crippen molar-refractivity contribution in [1.29, 1.82) is 0 Å². The second-order valence-electron chi connectivity index (χ2n) is 5.43. The number of anilines is 1. The summed E-state index contributed by atoms with van der Waals surface area (Å²) in [6, 6.07) is 3.92. The fourth-order valence-corrected chi connectivity index (χ4v) is 3.17. The van der Waals surface area contributed by atoms with Crippen LogP contribution in [0.2, 0.25) is 5.02 Å². The molecule has 1 aromatic carbocycles. The molecule has 0 amide bonds. The van der Waals surface area contributed by atoms with Gasteiger partial charge >= 0.3 is 6.18 Å². The molecule has 0 heterocycles. The number of hydrogen-bond donors (Lipinski definition) is 1. The minimum absolute atomic E-state index is 0.117. The number of nitrogens with one attached hydrogen (secondary N) is 1. The summed E-state index contributed by atoms with van der Waals surface area (Å²) in [6.45, 7) is 2.13. The molecular weight excluding hydrogens is 287 g/mol. The molecule has 2 unspecified atom stereocenters. The smallest absolute Gasteiger partial charge is 0.382 e. The highest BCUT2D eigenvalue weighted by molar-refractivity contribution is 6.30. The zero-order valence-electron chi connectivity index (χ0n) is 11.4. The van der Waals surface area contributed by atoms with Crippen LogP contribution in [0.3, 0.4) is 0 Å². The Labute approximate surface area is 122 Å². The summed E-state index contributed by atoms with van der Waals surface area (Å²) in [5.41, 5.74) is -0.230. The molecule has 0 aliphatic heterocycles. The molecule has 0 aromatic heterocycles. The molecule has 2 rings (SSSR count). The van der Waals surface area contributed by atoms with Crippen molar-refractivity contribution < 1.29 is 13.2 Å². The monoisotopic (exact) mass is 305 g/mol. The van der Waals surface area contributed by atoms with Gasteiger partial charge in [-0.15, -0.1) is 0 Å². The van der Waals surface area contributed by atoms with Crippen molar-refractivity contribution in [3.05, 3.63) is 28.8 Å². The molecule has 2 atom stereocenters. The lowest BCUT2D eigenvalue weighted by molar-refractivity contribution is -0.137. The first-order chi connectivity index (χ1) is 9.40. The summed E-state index contributed by atoms with van der Waals surface area (Å²) < 4.78 is 38.3. The number of hydrogen-bond acceptors (Lipinski definition) is 1. The molecule has 112 valence electrons. The lowest BCUT2D eigenvalue weighted by Crippen LogP contribution is -2.31. The molecule has 1 fully saturated rings. The molecule has 5 heteroatoms. The van der Waals surface area contributed by atoms with Crippen molar-refractivity contribution >= 4 is 17.3 Å². The van der Waals surface area contributed by atoms with Crippen LogP contribution < -0.4 is 5.32 Å². The minimum Gasteiger partial charge on any atom is -0.382 e. The first kappa shape index (κ1) is 15.5. The molecule has 0 bridgehead atoms. The van der Waals surface area contributed by atoms with E-state index in [4.69, 9.17) is 11.6 Å². The Morgan fingerprint density at radius 2 is 1.90 bits per heavy atom. The SMILES string of the molecule is CCC1CCCCC1Nc1cc(Cl)cc(C(F)(F)F)c1. The quantitative estimate of drug-likeness (QED) is 0.751. The van der Waals surface area contributed by atoms with E-state index in [1.807, 2.05) is 0 Å². The highest BCUT2D eigenvalue weighted by Gasteiger charge is 2.31. The highest BCUT2D eigenvalue weighted by Crippen LogP contribution is 2.35. The van der Waals surface area contributed by atoms with Crippen LogP contribution >= 0.6 is 11.6 Å². The molecular formula is C15H19ClF3N. The van der Waals surface area contributed by atoms with Crippen LogP contribution in [0.1, 0.15) is 44.6 Å². The second-order valence-corrected chi connectivity index (χ2v) is 5.87. The maximum atomic E-state index is 12.8. The average Bonchev–Trinajstić information content (AvgIpc) is 2.37. The van der Waals surface area contributed by atoms with Gasteiger partial charge in [0.2, 0.25) is 0 Å². The number of rotatable bonds is 3. The summed E-state index contributed by atoms with van der Waals surface area (Å²) in [5.74, 6) is 0.525. The van der Waals surface area contributed by atoms with Crippen molar-refractivity contribution in [3.63, 3.8) is 0 Å². The van der Waals surface area contributed by atoms with Gasteiger partial charge in [0, 0.05) is 16.8 Å². The van der Waals surface area contributed by atoms with Crippen LogP contribution in [0.4, 0.5) is 18.9 Å². The fourth-order valence-electron chi connectivity index (χ4n) is 2.94. The molecule has 1 aliphatic carbocycles. The van der Waals surface area contributed by atoms with Crippen molar-refractivity contribution in [1.82, 2.24) is 0 Å². The van der Waals surface area contributed by atoms with Crippen LogP contribution in [-0.4, -0.2) is 6.04 Å². The zero-order chi connectivity index (χ0) is 14.8. The Morgan fingerprint density at radius 3 is 2.55 bits per heavy atom. The molecule has 0 radical (unpaired) electrons. The number of benzene rings is 1. The van der Waals surface area contributed by atoms with E-state index in [2.05, 4.69) is 12.2 Å². The van der Waals surface area contributed by atoms with Gasteiger partial charge in [0.1, 0.15) is 0 Å². The summed E-state index contributed by atoms with van der Waals surface area (Å²) in [5, 5.41) is 3.37. The molecule has 0 saturated heterocycles. The summed E-state index contributed by atoms with van der Waals surface area (Å²) in [7, 11) is 0. The third-order valence-electron chi connectivity index (χ3n) is 4.01. The molecule has 0 spiro atoms. The minimum atomic E-state index is -4.36. The summed E-state index contributed by atoms with van der Waals surface area (Å²) in [4.78, 5) is 0. The Hall–Kier alpha value is -0.900. The Morgan fingerprint density at radius 1 is 1.20 bits per heavy atom. The van der Waals surface area contributed by atoms with Crippen LogP contribution in [-0.2, 0) is 6.18 Å². The van der Waals surface area contributed by atoms with Gasteiger partial charge in [-0.2, -0.15) is 13.2 Å². The van der Waals surface area contributed by atoms with E-state index in [-0.39, 0.29) is 11.1 Å². The third kappa shape index (κ3) is 3.81. The molecule has 20 heavy (non-hydrogen) atoms. The van der Waals surface area contributed by atoms with E-state index < -0.39 is 11.7 Å². The predicted octanol–water partition coefficient (Wildman–Crippen LogP) is 5.74. The zero-order valence-corrected chi connectivity index (χ0v) is 12.2. The van der Waals surface area contributed by atoms with Gasteiger partial charge in [0.25, 0.3) is 0 Å². The number of alkyl halides is 3. The predicted molar refractivity (Wildman–Crippen MR) is 76.1 cm³/mol. The van der Waals surface area contributed by atoms with Crippen molar-refractivity contribution in [2.24, 2.45) is 5.92 Å². The lowest BCUT2D eigenvalue weighted by atomic mass is 9.83. The van der Waals surface area contributed by atoms with E-state index in [0.29, 0.717) is 11.6 Å². The molecule has 1 saturated carbocycles. The Balaban J connectivity index is 2.18. The normalized spacial score (nSPS) is 23.6. The first-order valence-electron chi connectivity index (χ1n) is 7.04. The molecule has 1 aliphatic rings. The van der Waals surface area contributed by atoms with Crippen LogP contribution in [0.25, 0.3) is 0 Å².